The van der Waals surface area contributed by atoms with Crippen molar-refractivity contribution in [3.05, 3.63) is 65.2 Å². The zero-order chi connectivity index (χ0) is 15.6. The van der Waals surface area contributed by atoms with E-state index in [1.165, 1.54) is 12.1 Å². The Bertz CT molecular complexity index is 780. The molecular weight excluding hydrogens is 302 g/mol. The van der Waals surface area contributed by atoms with E-state index in [1.54, 1.807) is 0 Å². The van der Waals surface area contributed by atoms with Gasteiger partial charge in [0.2, 0.25) is 0 Å². The third kappa shape index (κ3) is 3.08. The molecule has 0 radical (unpaired) electrons. The third-order valence-electron chi connectivity index (χ3n) is 2.85. The van der Waals surface area contributed by atoms with Crippen LogP contribution in [0.2, 0.25) is 0 Å². The molecule has 2 rings (SSSR count). The van der Waals surface area contributed by atoms with Crippen molar-refractivity contribution in [2.24, 2.45) is 0 Å². The maximum Gasteiger partial charge on any atom is 0.337 e. The van der Waals surface area contributed by atoms with E-state index in [4.69, 9.17) is 5.11 Å². The molecule has 2 aromatic rings. The molecule has 1 N–H and O–H groups in total. The second-order valence-electron chi connectivity index (χ2n) is 4.26. The molecule has 0 bridgehead atoms. The number of carbonyl (C=O) groups is 1. The predicted octanol–water partition coefficient (Wildman–Crippen LogP) is 2.64. The van der Waals surface area contributed by atoms with E-state index in [2.05, 4.69) is 0 Å². The number of rotatable bonds is 4. The van der Waals surface area contributed by atoms with Gasteiger partial charge in [-0.2, -0.15) is 0 Å². The van der Waals surface area contributed by atoms with E-state index in [0.717, 1.165) is 30.3 Å². The molecule has 21 heavy (non-hydrogen) atoms. The van der Waals surface area contributed by atoms with Crippen molar-refractivity contribution in [2.75, 3.05) is 0 Å². The number of hydrogen-bond acceptors (Lipinski definition) is 3. The smallest absolute Gasteiger partial charge is 0.337 e. The van der Waals surface area contributed by atoms with Gasteiger partial charge in [0.05, 0.1) is 16.2 Å². The van der Waals surface area contributed by atoms with E-state index < -0.39 is 49.2 Å². The van der Waals surface area contributed by atoms with E-state index in [0.29, 0.717) is 0 Å². The number of carboxylic acids is 1. The Morgan fingerprint density at radius 2 is 1.57 bits per heavy atom. The van der Waals surface area contributed by atoms with Gasteiger partial charge in [0.1, 0.15) is 11.6 Å². The molecule has 0 saturated heterocycles. The number of carboxylic acid groups (broad SMARTS) is 1. The Labute approximate surface area is 119 Å². The average Bonchev–Trinajstić information content (AvgIpc) is 2.43. The molecule has 0 aliphatic carbocycles. The Morgan fingerprint density at radius 3 is 2.14 bits per heavy atom. The summed E-state index contributed by atoms with van der Waals surface area (Å²) in [6, 6.07) is 7.92. The SMILES string of the molecule is O=C(O)c1ccccc1S(=O)(=O)Cc1c(F)cccc1F. The third-order valence-corrected chi connectivity index (χ3v) is 4.54. The first-order valence-corrected chi connectivity index (χ1v) is 7.46. The fraction of sp³-hybridized carbons (Fsp3) is 0.0714. The monoisotopic (exact) mass is 312 g/mol. The summed E-state index contributed by atoms with van der Waals surface area (Å²) in [4.78, 5) is 10.6. The molecule has 0 aromatic heterocycles. The summed E-state index contributed by atoms with van der Waals surface area (Å²) in [5.41, 5.74) is -1.05. The summed E-state index contributed by atoms with van der Waals surface area (Å²) < 4.78 is 51.5. The van der Waals surface area contributed by atoms with Crippen LogP contribution >= 0.6 is 0 Å². The lowest BCUT2D eigenvalue weighted by atomic mass is 10.2. The molecule has 4 nitrogen and oxygen atoms in total. The topological polar surface area (TPSA) is 71.4 Å². The zero-order valence-electron chi connectivity index (χ0n) is 10.6. The van der Waals surface area contributed by atoms with Crippen LogP contribution in [-0.2, 0) is 15.6 Å². The lowest BCUT2D eigenvalue weighted by Crippen LogP contribution is -2.13. The maximum atomic E-state index is 13.5. The molecule has 0 aliphatic rings. The van der Waals surface area contributed by atoms with E-state index in [9.17, 15) is 22.0 Å². The van der Waals surface area contributed by atoms with Gasteiger partial charge in [-0.05, 0) is 24.3 Å². The Balaban J connectivity index is 2.52. The first-order valence-electron chi connectivity index (χ1n) is 5.81. The van der Waals surface area contributed by atoms with Crippen LogP contribution in [0.3, 0.4) is 0 Å². The van der Waals surface area contributed by atoms with Crippen molar-refractivity contribution in [3.8, 4) is 0 Å². The van der Waals surface area contributed by atoms with E-state index >= 15 is 0 Å². The van der Waals surface area contributed by atoms with Gasteiger partial charge >= 0.3 is 5.97 Å². The number of halogens is 2. The summed E-state index contributed by atoms with van der Waals surface area (Å²) >= 11 is 0. The molecule has 0 unspecified atom stereocenters. The molecule has 0 amide bonds. The lowest BCUT2D eigenvalue weighted by Gasteiger charge is -2.09. The van der Waals surface area contributed by atoms with Gasteiger partial charge in [0.25, 0.3) is 0 Å². The first kappa shape index (κ1) is 15.1. The summed E-state index contributed by atoms with van der Waals surface area (Å²) in [7, 11) is -4.19. The van der Waals surface area contributed by atoms with Gasteiger partial charge < -0.3 is 5.11 Å². The standard InChI is InChI=1S/C14H10F2O4S/c15-11-5-3-6-12(16)10(11)8-21(19,20)13-7-2-1-4-9(13)14(17)18/h1-7H,8H2,(H,17,18). The Morgan fingerprint density at radius 1 is 1.00 bits per heavy atom. The Kier molecular flexibility index (Phi) is 4.04. The average molecular weight is 312 g/mol. The number of benzene rings is 2. The molecule has 0 aliphatic heterocycles. The van der Waals surface area contributed by atoms with Crippen LogP contribution in [0.4, 0.5) is 8.78 Å². The second kappa shape index (κ2) is 5.61. The molecular formula is C14H10F2O4S. The van der Waals surface area contributed by atoms with Crippen LogP contribution in [0.1, 0.15) is 15.9 Å². The van der Waals surface area contributed by atoms with Gasteiger partial charge in [-0.1, -0.05) is 18.2 Å². The minimum Gasteiger partial charge on any atom is -0.478 e. The highest BCUT2D eigenvalue weighted by atomic mass is 32.2. The minimum absolute atomic E-state index is 0.436. The number of hydrogen-bond donors (Lipinski definition) is 1. The highest BCUT2D eigenvalue weighted by Crippen LogP contribution is 2.23. The van der Waals surface area contributed by atoms with Crippen molar-refractivity contribution in [1.29, 1.82) is 0 Å². The maximum absolute atomic E-state index is 13.5. The summed E-state index contributed by atoms with van der Waals surface area (Å²) in [6.07, 6.45) is 0. The lowest BCUT2D eigenvalue weighted by molar-refractivity contribution is 0.0692. The number of aromatic carboxylic acids is 1. The summed E-state index contributed by atoms with van der Waals surface area (Å²) in [5.74, 6) is -4.36. The molecule has 2 aromatic carbocycles. The van der Waals surface area contributed by atoms with Crippen LogP contribution in [0.15, 0.2) is 47.4 Å². The van der Waals surface area contributed by atoms with Crippen LogP contribution in [-0.4, -0.2) is 19.5 Å². The summed E-state index contributed by atoms with van der Waals surface area (Å²) in [5, 5.41) is 8.99. The number of sulfone groups is 1. The highest BCUT2D eigenvalue weighted by molar-refractivity contribution is 7.90. The van der Waals surface area contributed by atoms with E-state index in [-0.39, 0.29) is 0 Å². The van der Waals surface area contributed by atoms with Crippen LogP contribution in [0, 0.1) is 11.6 Å². The largest absolute Gasteiger partial charge is 0.478 e. The zero-order valence-corrected chi connectivity index (χ0v) is 11.4. The van der Waals surface area contributed by atoms with Gasteiger partial charge in [-0.15, -0.1) is 0 Å². The molecule has 0 fully saturated rings. The molecule has 110 valence electrons. The second-order valence-corrected chi connectivity index (χ2v) is 6.22. The molecule has 7 heteroatoms. The van der Waals surface area contributed by atoms with Crippen LogP contribution in [0.25, 0.3) is 0 Å². The van der Waals surface area contributed by atoms with Gasteiger partial charge in [-0.25, -0.2) is 22.0 Å². The molecule has 0 heterocycles. The van der Waals surface area contributed by atoms with Gasteiger partial charge in [-0.3, -0.25) is 0 Å². The van der Waals surface area contributed by atoms with Gasteiger partial charge in [0, 0.05) is 5.56 Å². The van der Waals surface area contributed by atoms with E-state index in [1.807, 2.05) is 0 Å². The molecule has 0 spiro atoms. The quantitative estimate of drug-likeness (QED) is 0.942. The van der Waals surface area contributed by atoms with Crippen molar-refractivity contribution < 1.29 is 27.1 Å². The first-order chi connectivity index (χ1) is 9.83. The predicted molar refractivity (Wildman–Crippen MR) is 70.6 cm³/mol. The van der Waals surface area contributed by atoms with Crippen LogP contribution < -0.4 is 0 Å². The van der Waals surface area contributed by atoms with Crippen LogP contribution in [0.5, 0.6) is 0 Å². The van der Waals surface area contributed by atoms with Crippen molar-refractivity contribution in [1.82, 2.24) is 0 Å². The van der Waals surface area contributed by atoms with Crippen molar-refractivity contribution >= 4 is 15.8 Å². The molecule has 0 atom stereocenters. The fourth-order valence-corrected chi connectivity index (χ4v) is 3.44. The fourth-order valence-electron chi connectivity index (χ4n) is 1.85. The molecule has 0 saturated carbocycles. The normalized spacial score (nSPS) is 11.3. The Hall–Kier alpha value is -2.28. The summed E-state index contributed by atoms with van der Waals surface area (Å²) in [6.45, 7) is 0. The van der Waals surface area contributed by atoms with Crippen molar-refractivity contribution in [2.45, 2.75) is 10.6 Å². The van der Waals surface area contributed by atoms with Crippen molar-refractivity contribution in [3.63, 3.8) is 0 Å². The minimum atomic E-state index is -4.19. The highest BCUT2D eigenvalue weighted by Gasteiger charge is 2.25. The van der Waals surface area contributed by atoms with Gasteiger partial charge in [0.15, 0.2) is 9.84 Å².